The quantitative estimate of drug-likeness (QED) is 0.645. The van der Waals surface area contributed by atoms with Crippen LogP contribution in [0.5, 0.6) is 0 Å². The van der Waals surface area contributed by atoms with Crippen molar-refractivity contribution in [1.29, 1.82) is 0 Å². The average Bonchev–Trinajstić information content (AvgIpc) is 2.75. The molecule has 0 bridgehead atoms. The molecule has 0 saturated carbocycles. The van der Waals surface area contributed by atoms with Crippen molar-refractivity contribution < 1.29 is 23.7 Å². The summed E-state index contributed by atoms with van der Waals surface area (Å²) in [6.45, 7) is 7.90. The molecule has 1 saturated heterocycles. The highest BCUT2D eigenvalue weighted by Gasteiger charge is 2.04. The summed E-state index contributed by atoms with van der Waals surface area (Å²) in [6.07, 6.45) is 3.44. The van der Waals surface area contributed by atoms with E-state index in [4.69, 9.17) is 23.7 Å². The zero-order valence-electron chi connectivity index (χ0n) is 16.9. The lowest BCUT2D eigenvalue weighted by atomic mass is 10.3. The summed E-state index contributed by atoms with van der Waals surface area (Å²) in [7, 11) is 0. The zero-order valence-corrected chi connectivity index (χ0v) is 16.9. The molecule has 0 amide bonds. The molecule has 0 aromatic carbocycles. The van der Waals surface area contributed by atoms with Gasteiger partial charge in [-0.3, -0.25) is 9.88 Å². The molecule has 0 atom stereocenters. The van der Waals surface area contributed by atoms with Crippen LogP contribution in [0.3, 0.4) is 0 Å². The Balaban J connectivity index is 1.74. The lowest BCUT2D eigenvalue weighted by molar-refractivity contribution is -0.0178. The second-order valence-electron chi connectivity index (χ2n) is 6.13. The van der Waals surface area contributed by atoms with Crippen LogP contribution in [-0.4, -0.2) is 95.6 Å². The highest BCUT2D eigenvalue weighted by atomic mass is 16.6. The predicted octanol–water partition coefficient (Wildman–Crippen LogP) is 0.835. The van der Waals surface area contributed by atoms with Crippen molar-refractivity contribution in [2.75, 3.05) is 85.7 Å². The standard InChI is InChI=1S/C22H30N2O5/c1(2-5-22-6-4-7-23-21-22)3-8-24-9-11-25-13-15-27-17-19-29-20-18-28-16-14-26-12-10-24/h4,6-7,21H,8-20H2. The summed E-state index contributed by atoms with van der Waals surface area (Å²) < 4.78 is 27.6. The largest absolute Gasteiger partial charge is 0.378 e. The first-order valence-corrected chi connectivity index (χ1v) is 9.95. The monoisotopic (exact) mass is 402 g/mol. The Bertz CT molecular complexity index is 630. The lowest BCUT2D eigenvalue weighted by Gasteiger charge is -2.19. The molecule has 1 fully saturated rings. The van der Waals surface area contributed by atoms with E-state index in [-0.39, 0.29) is 0 Å². The summed E-state index contributed by atoms with van der Waals surface area (Å²) in [6, 6.07) is 3.76. The predicted molar refractivity (Wildman–Crippen MR) is 109 cm³/mol. The Labute approximate surface area is 173 Å². The van der Waals surface area contributed by atoms with E-state index >= 15 is 0 Å². The van der Waals surface area contributed by atoms with E-state index in [1.54, 1.807) is 12.4 Å². The van der Waals surface area contributed by atoms with E-state index in [0.29, 0.717) is 72.6 Å². The first-order chi connectivity index (χ1) is 14.4. The molecule has 1 aliphatic heterocycles. The summed E-state index contributed by atoms with van der Waals surface area (Å²) in [5.74, 6) is 11.8. The Kier molecular flexibility index (Phi) is 13.6. The zero-order chi connectivity index (χ0) is 20.2. The molecule has 7 heteroatoms. The number of rotatable bonds is 1. The average molecular weight is 402 g/mol. The molecule has 0 N–H and O–H groups in total. The van der Waals surface area contributed by atoms with Gasteiger partial charge in [-0.15, -0.1) is 0 Å². The van der Waals surface area contributed by atoms with Crippen molar-refractivity contribution in [2.45, 2.75) is 0 Å². The van der Waals surface area contributed by atoms with E-state index in [0.717, 1.165) is 18.7 Å². The molecule has 1 aromatic heterocycles. The van der Waals surface area contributed by atoms with Crippen molar-refractivity contribution >= 4 is 0 Å². The molecule has 2 rings (SSSR count). The minimum atomic E-state index is 0.562. The molecule has 0 unspecified atom stereocenters. The maximum absolute atomic E-state index is 5.64. The van der Waals surface area contributed by atoms with Gasteiger partial charge in [-0.25, -0.2) is 0 Å². The molecule has 29 heavy (non-hydrogen) atoms. The maximum Gasteiger partial charge on any atom is 0.0701 e. The van der Waals surface area contributed by atoms with Crippen molar-refractivity contribution in [1.82, 2.24) is 9.88 Å². The molecule has 158 valence electrons. The molecule has 2 heterocycles. The van der Waals surface area contributed by atoms with Gasteiger partial charge in [0.1, 0.15) is 0 Å². The minimum Gasteiger partial charge on any atom is -0.378 e. The fourth-order valence-electron chi connectivity index (χ4n) is 2.37. The van der Waals surface area contributed by atoms with Crippen molar-refractivity contribution in [3.05, 3.63) is 30.1 Å². The van der Waals surface area contributed by atoms with Crippen LogP contribution in [-0.2, 0) is 23.7 Å². The number of hydrogen-bond donors (Lipinski definition) is 0. The number of aromatic nitrogens is 1. The summed E-state index contributed by atoms with van der Waals surface area (Å²) in [4.78, 5) is 6.22. The van der Waals surface area contributed by atoms with Crippen LogP contribution < -0.4 is 0 Å². The highest BCUT2D eigenvalue weighted by molar-refractivity contribution is 5.38. The van der Waals surface area contributed by atoms with Gasteiger partial charge in [0.2, 0.25) is 0 Å². The van der Waals surface area contributed by atoms with Crippen molar-refractivity contribution in [2.24, 2.45) is 0 Å². The fraction of sp³-hybridized carbons (Fsp3) is 0.591. The number of pyridine rings is 1. The van der Waals surface area contributed by atoms with Gasteiger partial charge in [0.25, 0.3) is 0 Å². The van der Waals surface area contributed by atoms with Crippen molar-refractivity contribution in [3.8, 4) is 23.7 Å². The van der Waals surface area contributed by atoms with Gasteiger partial charge in [-0.2, -0.15) is 0 Å². The van der Waals surface area contributed by atoms with Crippen LogP contribution in [0, 0.1) is 23.7 Å². The van der Waals surface area contributed by atoms with Gasteiger partial charge >= 0.3 is 0 Å². The minimum absolute atomic E-state index is 0.562. The number of nitrogens with zero attached hydrogens (tertiary/aromatic N) is 2. The van der Waals surface area contributed by atoms with Crippen LogP contribution in [0.15, 0.2) is 24.5 Å². The van der Waals surface area contributed by atoms with Gasteiger partial charge in [-0.1, -0.05) is 11.8 Å². The molecule has 0 spiro atoms. The van der Waals surface area contributed by atoms with Gasteiger partial charge in [0.15, 0.2) is 0 Å². The summed E-state index contributed by atoms with van der Waals surface area (Å²) in [5.41, 5.74) is 0.858. The smallest absolute Gasteiger partial charge is 0.0701 e. The van der Waals surface area contributed by atoms with E-state index in [2.05, 4.69) is 33.6 Å². The van der Waals surface area contributed by atoms with Crippen LogP contribution in [0.2, 0.25) is 0 Å². The Morgan fingerprint density at radius 3 is 1.83 bits per heavy atom. The second kappa shape index (κ2) is 16.9. The Morgan fingerprint density at radius 1 is 0.759 bits per heavy atom. The molecule has 0 aliphatic carbocycles. The number of ether oxygens (including phenoxy) is 5. The molecule has 0 radical (unpaired) electrons. The third-order valence-corrected chi connectivity index (χ3v) is 3.91. The number of hydrogen-bond acceptors (Lipinski definition) is 7. The van der Waals surface area contributed by atoms with E-state index in [1.807, 2.05) is 12.1 Å². The van der Waals surface area contributed by atoms with Crippen LogP contribution in [0.25, 0.3) is 0 Å². The van der Waals surface area contributed by atoms with Crippen LogP contribution in [0.4, 0.5) is 0 Å². The van der Waals surface area contributed by atoms with Crippen LogP contribution in [0.1, 0.15) is 5.56 Å². The van der Waals surface area contributed by atoms with Gasteiger partial charge in [0, 0.05) is 31.0 Å². The van der Waals surface area contributed by atoms with E-state index in [1.165, 1.54) is 0 Å². The first-order valence-electron chi connectivity index (χ1n) is 9.95. The topological polar surface area (TPSA) is 62.3 Å². The Morgan fingerprint density at radius 2 is 1.31 bits per heavy atom. The third kappa shape index (κ3) is 13.0. The van der Waals surface area contributed by atoms with E-state index < -0.39 is 0 Å². The van der Waals surface area contributed by atoms with Gasteiger partial charge in [-0.05, 0) is 24.0 Å². The molecule has 7 nitrogen and oxygen atoms in total. The molecular formula is C22H30N2O5. The second-order valence-corrected chi connectivity index (χ2v) is 6.13. The Hall–Kier alpha value is -1.97. The van der Waals surface area contributed by atoms with Crippen LogP contribution >= 0.6 is 0 Å². The fourth-order valence-corrected chi connectivity index (χ4v) is 2.37. The lowest BCUT2D eigenvalue weighted by Crippen LogP contribution is -2.32. The highest BCUT2D eigenvalue weighted by Crippen LogP contribution is 1.92. The maximum atomic E-state index is 5.64. The normalized spacial score (nSPS) is 18.9. The SMILES string of the molecule is C(C#Cc1cccnc1)#CCN1CCOCCOCCOCCOCCOCC1. The summed E-state index contributed by atoms with van der Waals surface area (Å²) in [5, 5.41) is 0. The molecule has 1 aromatic rings. The van der Waals surface area contributed by atoms with Gasteiger partial charge in [0.05, 0.1) is 72.6 Å². The molecule has 1 aliphatic rings. The van der Waals surface area contributed by atoms with Crippen molar-refractivity contribution in [3.63, 3.8) is 0 Å². The first kappa shape index (κ1) is 23.3. The van der Waals surface area contributed by atoms with E-state index in [9.17, 15) is 0 Å². The van der Waals surface area contributed by atoms with Gasteiger partial charge < -0.3 is 23.7 Å². The molecular weight excluding hydrogens is 372 g/mol. The third-order valence-electron chi connectivity index (χ3n) is 3.91. The summed E-state index contributed by atoms with van der Waals surface area (Å²) >= 11 is 0.